The lowest BCUT2D eigenvalue weighted by Crippen LogP contribution is -2.13. The molecular formula is C41H27BrF6N8O5S2. The fourth-order valence-electron chi connectivity index (χ4n) is 6.12. The lowest BCUT2D eigenvalue weighted by atomic mass is 10.0. The maximum Gasteiger partial charge on any atom is 0.416 e. The van der Waals surface area contributed by atoms with Crippen LogP contribution in [0.25, 0.3) is 44.1 Å². The first-order valence-electron chi connectivity index (χ1n) is 17.8. The van der Waals surface area contributed by atoms with Crippen molar-refractivity contribution in [3.05, 3.63) is 150 Å². The summed E-state index contributed by atoms with van der Waals surface area (Å²) in [7, 11) is -6.56. The summed E-state index contributed by atoms with van der Waals surface area (Å²) in [6.45, 7) is 0. The Morgan fingerprint density at radius 3 is 1.43 bits per heavy atom. The van der Waals surface area contributed by atoms with Crippen molar-refractivity contribution in [2.24, 2.45) is 0 Å². The number of benzene rings is 4. The van der Waals surface area contributed by atoms with E-state index in [4.69, 9.17) is 4.74 Å². The average molecular weight is 970 g/mol. The first kappa shape index (κ1) is 44.3. The Kier molecular flexibility index (Phi) is 12.3. The van der Waals surface area contributed by atoms with Crippen LogP contribution in [0.3, 0.4) is 0 Å². The van der Waals surface area contributed by atoms with Gasteiger partial charge >= 0.3 is 12.4 Å². The summed E-state index contributed by atoms with van der Waals surface area (Å²) in [5, 5.41) is 2.22. The van der Waals surface area contributed by atoms with E-state index in [2.05, 4.69) is 55.3 Å². The second-order valence-electron chi connectivity index (χ2n) is 13.1. The van der Waals surface area contributed by atoms with Crippen LogP contribution in [-0.2, 0) is 32.4 Å². The Balaban J connectivity index is 0.000000189. The second kappa shape index (κ2) is 17.5. The summed E-state index contributed by atoms with van der Waals surface area (Å²) in [5.74, 6) is 0.242. The zero-order chi connectivity index (χ0) is 45.2. The van der Waals surface area contributed by atoms with Gasteiger partial charge in [-0.2, -0.15) is 26.3 Å². The van der Waals surface area contributed by atoms with Crippen molar-refractivity contribution in [1.29, 1.82) is 0 Å². The minimum Gasteiger partial charge on any atom is -0.496 e. The number of pyridine rings is 2. The molecule has 4 aromatic carbocycles. The smallest absolute Gasteiger partial charge is 0.416 e. The fourth-order valence-corrected chi connectivity index (χ4v) is 8.77. The molecular weight excluding hydrogens is 943 g/mol. The van der Waals surface area contributed by atoms with Crippen molar-refractivity contribution < 1.29 is 47.9 Å². The van der Waals surface area contributed by atoms with Crippen LogP contribution in [-0.4, -0.2) is 53.8 Å². The van der Waals surface area contributed by atoms with Crippen LogP contribution < -0.4 is 14.2 Å². The molecule has 2 N–H and O–H groups in total. The number of halogens is 7. The molecule has 4 aromatic heterocycles. The number of hydrogen-bond acceptors (Lipinski definition) is 11. The number of methoxy groups -OCH3 is 1. The molecule has 0 aliphatic heterocycles. The zero-order valence-electron chi connectivity index (χ0n) is 31.9. The van der Waals surface area contributed by atoms with E-state index in [-0.39, 0.29) is 31.6 Å². The lowest BCUT2D eigenvalue weighted by Gasteiger charge is -2.14. The van der Waals surface area contributed by atoms with Crippen LogP contribution in [0.1, 0.15) is 11.1 Å². The molecule has 0 saturated carbocycles. The first-order valence-corrected chi connectivity index (χ1v) is 21.6. The molecule has 0 amide bonds. The first-order chi connectivity index (χ1) is 29.8. The molecule has 0 fully saturated rings. The van der Waals surface area contributed by atoms with E-state index < -0.39 is 43.5 Å². The molecule has 63 heavy (non-hydrogen) atoms. The van der Waals surface area contributed by atoms with Crippen LogP contribution in [0.4, 0.5) is 38.0 Å². The lowest BCUT2D eigenvalue weighted by molar-refractivity contribution is -0.138. The number of ether oxygens (including phenoxy) is 1. The predicted octanol–water partition coefficient (Wildman–Crippen LogP) is 9.79. The summed E-state index contributed by atoms with van der Waals surface area (Å²) in [6, 6.07) is 21.3. The number of nitrogens with one attached hydrogen (secondary N) is 2. The van der Waals surface area contributed by atoms with Gasteiger partial charge in [-0.1, -0.05) is 34.1 Å². The third-order valence-corrected chi connectivity index (χ3v) is 12.4. The molecule has 8 rings (SSSR count). The highest BCUT2D eigenvalue weighted by Gasteiger charge is 2.32. The summed E-state index contributed by atoms with van der Waals surface area (Å²) >= 11 is 3.19. The van der Waals surface area contributed by atoms with Crippen molar-refractivity contribution in [3.63, 3.8) is 0 Å². The minimum absolute atomic E-state index is 0.00181. The van der Waals surface area contributed by atoms with E-state index in [9.17, 15) is 43.2 Å². The van der Waals surface area contributed by atoms with Crippen LogP contribution in [0.15, 0.2) is 149 Å². The average Bonchev–Trinajstić information content (AvgIpc) is 3.25. The van der Waals surface area contributed by atoms with Crippen molar-refractivity contribution in [3.8, 4) is 28.3 Å². The van der Waals surface area contributed by atoms with Crippen LogP contribution in [0, 0.1) is 0 Å². The number of aromatic nitrogens is 6. The normalized spacial score (nSPS) is 12.1. The van der Waals surface area contributed by atoms with Crippen molar-refractivity contribution >= 4 is 69.2 Å². The third kappa shape index (κ3) is 9.97. The summed E-state index contributed by atoms with van der Waals surface area (Å²) in [4.78, 5) is 23.7. The predicted molar refractivity (Wildman–Crippen MR) is 224 cm³/mol. The van der Waals surface area contributed by atoms with Crippen LogP contribution in [0.2, 0.25) is 0 Å². The van der Waals surface area contributed by atoms with Crippen molar-refractivity contribution in [1.82, 2.24) is 29.9 Å². The molecule has 4 heterocycles. The van der Waals surface area contributed by atoms with Crippen molar-refractivity contribution in [2.75, 3.05) is 16.6 Å². The van der Waals surface area contributed by atoms with Gasteiger partial charge in [0, 0.05) is 51.2 Å². The van der Waals surface area contributed by atoms with E-state index >= 15 is 0 Å². The largest absolute Gasteiger partial charge is 0.496 e. The fraction of sp³-hybridized carbons (Fsp3) is 0.0732. The van der Waals surface area contributed by atoms with Gasteiger partial charge in [0.25, 0.3) is 20.0 Å². The Morgan fingerprint density at radius 2 is 1.00 bits per heavy atom. The molecule has 0 aliphatic rings. The highest BCUT2D eigenvalue weighted by molar-refractivity contribution is 9.10. The number of hydrogen-bond donors (Lipinski definition) is 2. The molecule has 0 aliphatic carbocycles. The number of fused-ring (bicyclic) bond motifs is 2. The maximum absolute atomic E-state index is 13.1. The number of alkyl halides is 6. The number of anilines is 2. The molecule has 22 heteroatoms. The molecule has 0 radical (unpaired) electrons. The minimum atomic E-state index is -4.52. The molecule has 8 aromatic rings. The van der Waals surface area contributed by atoms with E-state index in [1.165, 1.54) is 93.1 Å². The highest BCUT2D eigenvalue weighted by Crippen LogP contribution is 2.40. The Bertz CT molecular complexity index is 3210. The van der Waals surface area contributed by atoms with Gasteiger partial charge in [-0.05, 0) is 89.6 Å². The highest BCUT2D eigenvalue weighted by atomic mass is 79.9. The quantitative estimate of drug-likeness (QED) is 0.132. The molecule has 0 bridgehead atoms. The molecule has 13 nitrogen and oxygen atoms in total. The number of sulfonamides is 2. The third-order valence-electron chi connectivity index (χ3n) is 9.07. The monoisotopic (exact) mass is 968 g/mol. The van der Waals surface area contributed by atoms with E-state index in [0.717, 1.165) is 24.3 Å². The van der Waals surface area contributed by atoms with Gasteiger partial charge in [0.15, 0.2) is 0 Å². The SMILES string of the molecule is COc1cc(C(F)(F)F)ccc1-c1nccc2cc(S(=O)(=O)Nc3ccncn3)ccc12.O=S(=O)(Nc1ccncn1)c1ccc2c(-c3ccc(C(F)(F)F)cc3Br)nccc2c1. The number of nitrogens with zero attached hydrogens (tertiary/aromatic N) is 6. The summed E-state index contributed by atoms with van der Waals surface area (Å²) in [5.41, 5.74) is -0.0456. The van der Waals surface area contributed by atoms with E-state index in [1.807, 2.05) is 0 Å². The van der Waals surface area contributed by atoms with Gasteiger partial charge < -0.3 is 4.74 Å². The van der Waals surface area contributed by atoms with E-state index in [0.29, 0.717) is 44.1 Å². The molecule has 0 atom stereocenters. The van der Waals surface area contributed by atoms with Gasteiger partial charge in [0.05, 0.1) is 39.4 Å². The molecule has 322 valence electrons. The second-order valence-corrected chi connectivity index (χ2v) is 17.3. The van der Waals surface area contributed by atoms with Crippen LogP contribution >= 0.6 is 15.9 Å². The van der Waals surface area contributed by atoms with E-state index in [1.54, 1.807) is 24.3 Å². The molecule has 0 saturated heterocycles. The summed E-state index contributed by atoms with van der Waals surface area (Å²) in [6.07, 6.45) is -0.818. The maximum atomic E-state index is 13.1. The van der Waals surface area contributed by atoms with Gasteiger partial charge in [0.2, 0.25) is 0 Å². The zero-order valence-corrected chi connectivity index (χ0v) is 35.1. The standard InChI is InChI=1S/C21H15F3N4O3S.C20H12BrF3N4O2S/c1-31-18-11-14(21(22,23)24)2-4-17(18)20-16-5-3-15(10-13(16)6-9-26-20)32(29,30)28-19-7-8-25-12-27-19;21-17-10-13(20(22,23)24)1-3-16(17)19-15-4-2-14(9-12(15)5-8-26-19)31(29,30)28-18-6-7-25-11-27-18/h2-12H,1H3,(H,25,27,28);1-11H,(H,25,27,28). The van der Waals surface area contributed by atoms with Gasteiger partial charge in [0.1, 0.15) is 30.0 Å². The molecule has 0 spiro atoms. The summed E-state index contributed by atoms with van der Waals surface area (Å²) < 4.78 is 139. The van der Waals surface area contributed by atoms with Crippen molar-refractivity contribution in [2.45, 2.75) is 22.1 Å². The topological polar surface area (TPSA) is 179 Å². The van der Waals surface area contributed by atoms with Gasteiger partial charge in [-0.25, -0.2) is 36.8 Å². The van der Waals surface area contributed by atoms with Gasteiger partial charge in [-0.15, -0.1) is 0 Å². The Labute approximate surface area is 362 Å². The number of rotatable bonds is 9. The molecule has 0 unspecified atom stereocenters. The van der Waals surface area contributed by atoms with Gasteiger partial charge in [-0.3, -0.25) is 19.4 Å². The van der Waals surface area contributed by atoms with Crippen LogP contribution in [0.5, 0.6) is 5.75 Å². The Morgan fingerprint density at radius 1 is 0.540 bits per heavy atom. The Hall–Kier alpha value is -6.78.